The molecule has 14 heavy (non-hydrogen) atoms. The van der Waals surface area contributed by atoms with Crippen molar-refractivity contribution in [3.63, 3.8) is 0 Å². The minimum absolute atomic E-state index is 0.149. The molecule has 0 spiro atoms. The molecule has 2 atom stereocenters. The lowest BCUT2D eigenvalue weighted by molar-refractivity contribution is -0.0289. The minimum atomic E-state index is 0.149. The molecule has 0 N–H and O–H groups in total. The predicted molar refractivity (Wildman–Crippen MR) is 52.5 cm³/mol. The number of hydrogen-bond acceptors (Lipinski definition) is 4. The average Bonchev–Trinajstić information content (AvgIpc) is 2.98. The summed E-state index contributed by atoms with van der Waals surface area (Å²) in [6.45, 7) is 8.18. The minimum Gasteiger partial charge on any atom is -0.379 e. The van der Waals surface area contributed by atoms with Crippen LogP contribution in [0.3, 0.4) is 0 Å². The molecule has 1 aliphatic rings. The normalized spacial score (nSPS) is 22.3. The summed E-state index contributed by atoms with van der Waals surface area (Å²) in [6.07, 6.45) is 0.492. The summed E-state index contributed by atoms with van der Waals surface area (Å²) in [5, 5.41) is 0. The van der Waals surface area contributed by atoms with Gasteiger partial charge in [-0.3, -0.25) is 0 Å². The number of hydrogen-bond donors (Lipinski definition) is 0. The third-order valence-corrected chi connectivity index (χ3v) is 1.89. The van der Waals surface area contributed by atoms with Crippen LogP contribution >= 0.6 is 0 Å². The largest absolute Gasteiger partial charge is 0.379 e. The standard InChI is InChI=1S/C10H20O4/c1-3-11-6-9(2)13-5-4-12-7-10-8-14-10/h9-10H,3-8H2,1-2H3. The summed E-state index contributed by atoms with van der Waals surface area (Å²) in [5.74, 6) is 0. The lowest BCUT2D eigenvalue weighted by Gasteiger charge is -2.12. The van der Waals surface area contributed by atoms with Crippen molar-refractivity contribution >= 4 is 0 Å². The van der Waals surface area contributed by atoms with Crippen LogP contribution in [0, 0.1) is 0 Å². The van der Waals surface area contributed by atoms with E-state index >= 15 is 0 Å². The third-order valence-electron chi connectivity index (χ3n) is 1.89. The van der Waals surface area contributed by atoms with Crippen molar-refractivity contribution in [2.24, 2.45) is 0 Å². The molecule has 84 valence electrons. The van der Waals surface area contributed by atoms with Crippen LogP contribution in [0.15, 0.2) is 0 Å². The summed E-state index contributed by atoms with van der Waals surface area (Å²) in [6, 6.07) is 0. The van der Waals surface area contributed by atoms with E-state index in [1.54, 1.807) is 0 Å². The Morgan fingerprint density at radius 2 is 2.14 bits per heavy atom. The Kier molecular flexibility index (Phi) is 6.10. The van der Waals surface area contributed by atoms with Crippen molar-refractivity contribution in [2.45, 2.75) is 26.1 Å². The van der Waals surface area contributed by atoms with Gasteiger partial charge in [0.05, 0.1) is 39.1 Å². The van der Waals surface area contributed by atoms with Crippen molar-refractivity contribution in [3.8, 4) is 0 Å². The van der Waals surface area contributed by atoms with Crippen molar-refractivity contribution in [1.29, 1.82) is 0 Å². The lowest BCUT2D eigenvalue weighted by atomic mass is 10.4. The highest BCUT2D eigenvalue weighted by Gasteiger charge is 2.21. The summed E-state index contributed by atoms with van der Waals surface area (Å²) >= 11 is 0. The van der Waals surface area contributed by atoms with E-state index in [0.717, 1.165) is 13.2 Å². The summed E-state index contributed by atoms with van der Waals surface area (Å²) in [4.78, 5) is 0. The Bertz CT molecular complexity index is 136. The Balaban J connectivity index is 1.77. The molecule has 0 aromatic carbocycles. The fourth-order valence-corrected chi connectivity index (χ4v) is 1.02. The van der Waals surface area contributed by atoms with Crippen LogP contribution < -0.4 is 0 Å². The van der Waals surface area contributed by atoms with E-state index in [0.29, 0.717) is 32.5 Å². The van der Waals surface area contributed by atoms with E-state index in [-0.39, 0.29) is 6.10 Å². The number of epoxide rings is 1. The Hall–Kier alpha value is -0.160. The van der Waals surface area contributed by atoms with Gasteiger partial charge in [-0.25, -0.2) is 0 Å². The second-order valence-electron chi connectivity index (χ2n) is 3.37. The van der Waals surface area contributed by atoms with Gasteiger partial charge in [-0.15, -0.1) is 0 Å². The Morgan fingerprint density at radius 3 is 2.79 bits per heavy atom. The molecular formula is C10H20O4. The summed E-state index contributed by atoms with van der Waals surface area (Å²) < 4.78 is 21.0. The Morgan fingerprint density at radius 1 is 1.36 bits per heavy atom. The van der Waals surface area contributed by atoms with Crippen LogP contribution in [0.5, 0.6) is 0 Å². The maximum absolute atomic E-state index is 5.46. The van der Waals surface area contributed by atoms with E-state index in [1.165, 1.54) is 0 Å². The van der Waals surface area contributed by atoms with Gasteiger partial charge < -0.3 is 18.9 Å². The van der Waals surface area contributed by atoms with Gasteiger partial charge in [0.15, 0.2) is 0 Å². The van der Waals surface area contributed by atoms with Gasteiger partial charge in [0, 0.05) is 6.61 Å². The van der Waals surface area contributed by atoms with Crippen LogP contribution in [-0.4, -0.2) is 51.8 Å². The van der Waals surface area contributed by atoms with Gasteiger partial charge in [-0.2, -0.15) is 0 Å². The zero-order valence-electron chi connectivity index (χ0n) is 9.03. The fraction of sp³-hybridized carbons (Fsp3) is 1.00. The molecular weight excluding hydrogens is 184 g/mol. The summed E-state index contributed by atoms with van der Waals surface area (Å²) in [7, 11) is 0. The van der Waals surface area contributed by atoms with Crippen LogP contribution in [0.2, 0.25) is 0 Å². The van der Waals surface area contributed by atoms with Crippen LogP contribution in [0.4, 0.5) is 0 Å². The molecule has 0 amide bonds. The Labute approximate surface area is 85.5 Å². The van der Waals surface area contributed by atoms with Crippen LogP contribution in [0.1, 0.15) is 13.8 Å². The fourth-order valence-electron chi connectivity index (χ4n) is 1.02. The van der Waals surface area contributed by atoms with Crippen molar-refractivity contribution < 1.29 is 18.9 Å². The quantitative estimate of drug-likeness (QED) is 0.412. The van der Waals surface area contributed by atoms with Gasteiger partial charge in [-0.1, -0.05) is 0 Å². The molecule has 4 heteroatoms. The molecule has 0 radical (unpaired) electrons. The van der Waals surface area contributed by atoms with Crippen molar-refractivity contribution in [1.82, 2.24) is 0 Å². The zero-order chi connectivity index (χ0) is 10.2. The first kappa shape index (κ1) is 11.9. The molecule has 0 aliphatic carbocycles. The highest BCUT2D eigenvalue weighted by Crippen LogP contribution is 2.08. The average molecular weight is 204 g/mol. The predicted octanol–water partition coefficient (Wildman–Crippen LogP) is 0.843. The van der Waals surface area contributed by atoms with E-state index in [9.17, 15) is 0 Å². The molecule has 0 aromatic rings. The molecule has 1 saturated heterocycles. The van der Waals surface area contributed by atoms with Gasteiger partial charge in [0.2, 0.25) is 0 Å². The SMILES string of the molecule is CCOCC(C)OCCOCC1CO1. The smallest absolute Gasteiger partial charge is 0.104 e. The van der Waals surface area contributed by atoms with Gasteiger partial charge in [0.1, 0.15) is 6.10 Å². The first-order valence-corrected chi connectivity index (χ1v) is 5.21. The second kappa shape index (κ2) is 7.17. The van der Waals surface area contributed by atoms with Gasteiger partial charge in [0.25, 0.3) is 0 Å². The molecule has 1 aliphatic heterocycles. The molecule has 0 saturated carbocycles. The van der Waals surface area contributed by atoms with Gasteiger partial charge >= 0.3 is 0 Å². The van der Waals surface area contributed by atoms with E-state index < -0.39 is 0 Å². The van der Waals surface area contributed by atoms with Crippen LogP contribution in [0.25, 0.3) is 0 Å². The number of ether oxygens (including phenoxy) is 4. The molecule has 4 nitrogen and oxygen atoms in total. The molecule has 0 aromatic heterocycles. The van der Waals surface area contributed by atoms with Crippen molar-refractivity contribution in [3.05, 3.63) is 0 Å². The first-order chi connectivity index (χ1) is 6.83. The highest BCUT2D eigenvalue weighted by atomic mass is 16.6. The highest BCUT2D eigenvalue weighted by molar-refractivity contribution is 4.66. The summed E-state index contributed by atoms with van der Waals surface area (Å²) in [5.41, 5.74) is 0. The molecule has 1 fully saturated rings. The van der Waals surface area contributed by atoms with Crippen LogP contribution in [-0.2, 0) is 18.9 Å². The topological polar surface area (TPSA) is 40.2 Å². The molecule has 2 unspecified atom stereocenters. The van der Waals surface area contributed by atoms with E-state index in [2.05, 4.69) is 0 Å². The molecule has 1 rings (SSSR count). The van der Waals surface area contributed by atoms with E-state index in [1.807, 2.05) is 13.8 Å². The molecule has 0 bridgehead atoms. The van der Waals surface area contributed by atoms with Gasteiger partial charge in [-0.05, 0) is 13.8 Å². The lowest BCUT2D eigenvalue weighted by Crippen LogP contribution is -2.19. The molecule has 1 heterocycles. The van der Waals surface area contributed by atoms with Crippen molar-refractivity contribution in [2.75, 3.05) is 39.6 Å². The maximum Gasteiger partial charge on any atom is 0.104 e. The van der Waals surface area contributed by atoms with E-state index in [4.69, 9.17) is 18.9 Å². The maximum atomic E-state index is 5.46. The third kappa shape index (κ3) is 6.32. The second-order valence-corrected chi connectivity index (χ2v) is 3.37. The first-order valence-electron chi connectivity index (χ1n) is 5.21. The monoisotopic (exact) mass is 204 g/mol. The number of rotatable bonds is 9. The zero-order valence-corrected chi connectivity index (χ0v) is 9.03.